The van der Waals surface area contributed by atoms with Gasteiger partial charge in [0.25, 0.3) is 5.91 Å². The molecule has 0 saturated carbocycles. The molecule has 0 saturated heterocycles. The number of rotatable bonds is 4. The zero-order valence-electron chi connectivity index (χ0n) is 19.7. The summed E-state index contributed by atoms with van der Waals surface area (Å²) in [5.41, 5.74) is 7.53. The summed E-state index contributed by atoms with van der Waals surface area (Å²) in [6, 6.07) is 20.5. The number of aromatic nitrogens is 1. The number of amidine groups is 2. The van der Waals surface area contributed by atoms with E-state index in [1.165, 1.54) is 17.3 Å². The summed E-state index contributed by atoms with van der Waals surface area (Å²) in [6.07, 6.45) is 1.80. The van der Waals surface area contributed by atoms with Gasteiger partial charge in [-0.05, 0) is 60.7 Å². The zero-order valence-corrected chi connectivity index (χ0v) is 20.5. The molecular weight excluding hydrogens is 440 g/mol. The van der Waals surface area contributed by atoms with Gasteiger partial charge in [-0.2, -0.15) is 4.99 Å². The number of hydrogen-bond donors (Lipinski definition) is 1. The molecule has 0 atom stereocenters. The van der Waals surface area contributed by atoms with E-state index in [1.807, 2.05) is 42.7 Å². The van der Waals surface area contributed by atoms with E-state index in [-0.39, 0.29) is 11.7 Å². The van der Waals surface area contributed by atoms with Crippen molar-refractivity contribution in [2.24, 2.45) is 4.99 Å². The van der Waals surface area contributed by atoms with Crippen LogP contribution in [-0.4, -0.2) is 26.4 Å². The number of thioether (sulfide) groups is 1. The van der Waals surface area contributed by atoms with Crippen LogP contribution in [-0.2, 0) is 4.79 Å². The second kappa shape index (κ2) is 8.61. The van der Waals surface area contributed by atoms with Crippen molar-refractivity contribution >= 4 is 40.4 Å². The Morgan fingerprint density at radius 1 is 1.03 bits per heavy atom. The highest BCUT2D eigenvalue weighted by molar-refractivity contribution is 8.17. The fraction of sp³-hybridized carbons (Fsp3) is 0.179. The number of carbonyl (C=O) groups is 1. The molecule has 2 aromatic carbocycles. The molecule has 0 fully saturated rings. The smallest absolute Gasteiger partial charge is 0.283 e. The zero-order chi connectivity index (χ0) is 24.0. The van der Waals surface area contributed by atoms with Crippen LogP contribution in [0.4, 0.5) is 0 Å². The Morgan fingerprint density at radius 3 is 2.41 bits per heavy atom. The number of aryl methyl sites for hydroxylation is 1. The van der Waals surface area contributed by atoms with Gasteiger partial charge in [-0.1, -0.05) is 68.1 Å². The van der Waals surface area contributed by atoms with Crippen molar-refractivity contribution in [1.29, 1.82) is 5.41 Å². The molecule has 0 bridgehead atoms. The van der Waals surface area contributed by atoms with Crippen LogP contribution < -0.4 is 0 Å². The first-order valence-electron chi connectivity index (χ1n) is 11.3. The molecular formula is C28H26N4OS. The van der Waals surface area contributed by atoms with Crippen LogP contribution in [0.15, 0.2) is 76.6 Å². The predicted molar refractivity (Wildman–Crippen MR) is 141 cm³/mol. The van der Waals surface area contributed by atoms with Crippen LogP contribution in [0.25, 0.3) is 17.5 Å². The molecule has 5 rings (SSSR count). The van der Waals surface area contributed by atoms with Crippen molar-refractivity contribution in [3.05, 3.63) is 99.7 Å². The molecule has 2 aliphatic rings. The second-order valence-corrected chi connectivity index (χ2v) is 9.67. The molecule has 0 radical (unpaired) electrons. The summed E-state index contributed by atoms with van der Waals surface area (Å²) in [7, 11) is 0. The summed E-state index contributed by atoms with van der Waals surface area (Å²) in [5.74, 6) is 0.257. The maximum atomic E-state index is 12.9. The summed E-state index contributed by atoms with van der Waals surface area (Å²) < 4.78 is 2.18. The lowest BCUT2D eigenvalue weighted by molar-refractivity contribution is -0.114. The van der Waals surface area contributed by atoms with Crippen molar-refractivity contribution in [1.82, 2.24) is 9.47 Å². The Morgan fingerprint density at radius 2 is 1.74 bits per heavy atom. The summed E-state index contributed by atoms with van der Waals surface area (Å²) >= 11 is 1.38. The molecule has 0 spiro atoms. The Hall–Kier alpha value is -3.64. The molecule has 3 aromatic rings. The third-order valence-electron chi connectivity index (χ3n) is 6.27. The van der Waals surface area contributed by atoms with Crippen LogP contribution >= 0.6 is 11.8 Å². The number of nitrogens with zero attached hydrogens (tertiary/aromatic N) is 3. The molecule has 1 amide bonds. The first-order valence-corrected chi connectivity index (χ1v) is 12.2. The Balaban J connectivity index is 1.52. The molecule has 170 valence electrons. The number of benzene rings is 2. The third kappa shape index (κ3) is 3.74. The van der Waals surface area contributed by atoms with Gasteiger partial charge in [-0.3, -0.25) is 15.1 Å². The fourth-order valence-electron chi connectivity index (χ4n) is 4.41. The van der Waals surface area contributed by atoms with Gasteiger partial charge < -0.3 is 4.57 Å². The van der Waals surface area contributed by atoms with Gasteiger partial charge in [0.05, 0.1) is 11.3 Å². The average molecular weight is 467 g/mol. The fourth-order valence-corrected chi connectivity index (χ4v) is 5.30. The van der Waals surface area contributed by atoms with Crippen LogP contribution in [0.1, 0.15) is 47.8 Å². The van der Waals surface area contributed by atoms with Gasteiger partial charge >= 0.3 is 0 Å². The van der Waals surface area contributed by atoms with E-state index in [9.17, 15) is 4.79 Å². The van der Waals surface area contributed by atoms with E-state index in [2.05, 4.69) is 60.7 Å². The molecule has 6 heteroatoms. The topological polar surface area (TPSA) is 61.5 Å². The van der Waals surface area contributed by atoms with Crippen molar-refractivity contribution in [2.75, 3.05) is 0 Å². The highest BCUT2D eigenvalue weighted by Crippen LogP contribution is 2.37. The second-order valence-electron chi connectivity index (χ2n) is 8.84. The van der Waals surface area contributed by atoms with E-state index < -0.39 is 0 Å². The lowest BCUT2D eigenvalue weighted by atomic mass is 10.0. The van der Waals surface area contributed by atoms with Crippen LogP contribution in [0.2, 0.25) is 0 Å². The Labute approximate surface area is 204 Å². The summed E-state index contributed by atoms with van der Waals surface area (Å²) in [6.45, 7) is 8.48. The number of carbonyl (C=O) groups excluding carboxylic acids is 1. The molecule has 5 nitrogen and oxygen atoms in total. The minimum Gasteiger partial charge on any atom is -0.318 e. The number of hydrogen-bond acceptors (Lipinski definition) is 3. The van der Waals surface area contributed by atoms with Gasteiger partial charge in [0.1, 0.15) is 5.84 Å². The number of nitrogens with one attached hydrogen (secondary N) is 1. The van der Waals surface area contributed by atoms with Crippen LogP contribution in [0.3, 0.4) is 0 Å². The number of fused-ring (bicyclic) bond motifs is 1. The maximum Gasteiger partial charge on any atom is 0.283 e. The minimum absolute atomic E-state index is 0.154. The standard InChI is InChI=1S/C28H26N4OS/c1-17(2)20-10-12-23(13-11-20)31-18(3)14-22(19(31)4)15-24-26(29)32-25(21-8-6-5-7-9-21)16-34-28(32)30-27(24)33/h5-17,29H,1-4H3/b24-15-,29-26?. The predicted octanol–water partition coefficient (Wildman–Crippen LogP) is 6.52. The summed E-state index contributed by atoms with van der Waals surface area (Å²) in [5, 5.41) is 11.4. The monoisotopic (exact) mass is 466 g/mol. The van der Waals surface area contributed by atoms with Gasteiger partial charge in [-0.15, -0.1) is 0 Å². The van der Waals surface area contributed by atoms with Crippen molar-refractivity contribution in [3.63, 3.8) is 0 Å². The first kappa shape index (κ1) is 22.2. The van der Waals surface area contributed by atoms with Crippen molar-refractivity contribution < 1.29 is 4.79 Å². The third-order valence-corrected chi connectivity index (χ3v) is 7.10. The van der Waals surface area contributed by atoms with Crippen LogP contribution in [0, 0.1) is 19.3 Å². The van der Waals surface area contributed by atoms with Gasteiger partial charge in [-0.25, -0.2) is 0 Å². The van der Waals surface area contributed by atoms with E-state index in [1.54, 1.807) is 11.0 Å². The lowest BCUT2D eigenvalue weighted by Crippen LogP contribution is -2.38. The lowest BCUT2D eigenvalue weighted by Gasteiger charge is -2.26. The maximum absolute atomic E-state index is 12.9. The van der Waals surface area contributed by atoms with E-state index in [0.29, 0.717) is 16.7 Å². The molecule has 3 heterocycles. The van der Waals surface area contributed by atoms with Crippen molar-refractivity contribution in [2.45, 2.75) is 33.6 Å². The van der Waals surface area contributed by atoms with Crippen molar-refractivity contribution in [3.8, 4) is 5.69 Å². The average Bonchev–Trinajstić information content (AvgIpc) is 3.37. The largest absolute Gasteiger partial charge is 0.318 e. The van der Waals surface area contributed by atoms with E-state index in [0.717, 1.165) is 33.9 Å². The molecule has 2 aliphatic heterocycles. The quantitative estimate of drug-likeness (QED) is 0.445. The Bertz CT molecular complexity index is 1390. The van der Waals surface area contributed by atoms with Crippen LogP contribution in [0.5, 0.6) is 0 Å². The molecule has 1 N–H and O–H groups in total. The normalized spacial score (nSPS) is 16.9. The highest BCUT2D eigenvalue weighted by atomic mass is 32.2. The number of amides is 1. The van der Waals surface area contributed by atoms with Gasteiger partial charge in [0.2, 0.25) is 0 Å². The van der Waals surface area contributed by atoms with Gasteiger partial charge in [0.15, 0.2) is 5.17 Å². The highest BCUT2D eigenvalue weighted by Gasteiger charge is 2.36. The van der Waals surface area contributed by atoms with E-state index in [4.69, 9.17) is 5.41 Å². The SMILES string of the molecule is Cc1cc(/C=C2/C(=N)N3C(c4ccccc4)=CSC3=NC2=O)c(C)n1-c1ccc(C(C)C)cc1. The summed E-state index contributed by atoms with van der Waals surface area (Å²) in [4.78, 5) is 19.0. The Kier molecular flexibility index (Phi) is 5.62. The van der Waals surface area contributed by atoms with E-state index >= 15 is 0 Å². The first-order chi connectivity index (χ1) is 16.3. The molecule has 0 aliphatic carbocycles. The molecule has 34 heavy (non-hydrogen) atoms. The minimum atomic E-state index is -0.377. The molecule has 1 aromatic heterocycles. The van der Waals surface area contributed by atoms with Gasteiger partial charge in [0, 0.05) is 22.5 Å². The molecule has 0 unspecified atom stereocenters. The number of aliphatic imine (C=N–C) groups is 1.